The Kier molecular flexibility index (Phi) is 3.67. The summed E-state index contributed by atoms with van der Waals surface area (Å²) < 4.78 is 0. The molecule has 0 aliphatic heterocycles. The third-order valence-electron chi connectivity index (χ3n) is 3.46. The number of ketones is 1. The normalized spacial score (nSPS) is 34.4. The predicted molar refractivity (Wildman–Crippen MR) is 54.8 cm³/mol. The van der Waals surface area contributed by atoms with Crippen LogP contribution in [0.25, 0.3) is 0 Å². The molecule has 1 fully saturated rings. The number of Topliss-reactive ketones (excluding diaryl/α,β-unsaturated/α-hetero) is 1. The SMILES string of the molecule is CC(=O)C1CCC(C)C(C(=O)O)C1C(=O)O. The van der Waals surface area contributed by atoms with Gasteiger partial charge in [-0.2, -0.15) is 0 Å². The van der Waals surface area contributed by atoms with Crippen LogP contribution in [-0.2, 0) is 14.4 Å². The highest BCUT2D eigenvalue weighted by atomic mass is 16.4. The fourth-order valence-electron chi connectivity index (χ4n) is 2.58. The van der Waals surface area contributed by atoms with Gasteiger partial charge in [0.1, 0.15) is 5.78 Å². The van der Waals surface area contributed by atoms with Crippen molar-refractivity contribution in [1.29, 1.82) is 0 Å². The van der Waals surface area contributed by atoms with Crippen LogP contribution in [-0.4, -0.2) is 27.9 Å². The van der Waals surface area contributed by atoms with Crippen molar-refractivity contribution in [2.45, 2.75) is 26.7 Å². The lowest BCUT2D eigenvalue weighted by atomic mass is 9.66. The second-order valence-corrected chi connectivity index (χ2v) is 4.50. The number of aliphatic carboxylic acids is 2. The number of carbonyl (C=O) groups is 3. The highest BCUT2D eigenvalue weighted by molar-refractivity contribution is 5.88. The number of carboxylic acid groups (broad SMARTS) is 2. The smallest absolute Gasteiger partial charge is 0.308 e. The van der Waals surface area contributed by atoms with Crippen molar-refractivity contribution in [3.05, 3.63) is 0 Å². The van der Waals surface area contributed by atoms with E-state index in [1.54, 1.807) is 6.92 Å². The first-order valence-electron chi connectivity index (χ1n) is 5.32. The Morgan fingerprint density at radius 2 is 1.50 bits per heavy atom. The fourth-order valence-corrected chi connectivity index (χ4v) is 2.58. The molecule has 4 atom stereocenters. The van der Waals surface area contributed by atoms with Crippen molar-refractivity contribution < 1.29 is 24.6 Å². The maximum absolute atomic E-state index is 11.3. The predicted octanol–water partition coefficient (Wildman–Crippen LogP) is 1.02. The van der Waals surface area contributed by atoms with Gasteiger partial charge in [0, 0.05) is 5.92 Å². The molecule has 5 nitrogen and oxygen atoms in total. The molecule has 0 aromatic heterocycles. The largest absolute Gasteiger partial charge is 0.481 e. The van der Waals surface area contributed by atoms with Crippen molar-refractivity contribution in [2.24, 2.45) is 23.7 Å². The van der Waals surface area contributed by atoms with E-state index in [2.05, 4.69) is 0 Å². The highest BCUT2D eigenvalue weighted by Crippen LogP contribution is 2.39. The first kappa shape index (κ1) is 12.7. The number of carboxylic acids is 2. The van der Waals surface area contributed by atoms with Crippen LogP contribution in [0.2, 0.25) is 0 Å². The van der Waals surface area contributed by atoms with E-state index in [-0.39, 0.29) is 11.7 Å². The van der Waals surface area contributed by atoms with Gasteiger partial charge in [0.2, 0.25) is 0 Å². The summed E-state index contributed by atoms with van der Waals surface area (Å²) in [4.78, 5) is 33.5. The lowest BCUT2D eigenvalue weighted by Crippen LogP contribution is -2.44. The molecule has 1 saturated carbocycles. The third-order valence-corrected chi connectivity index (χ3v) is 3.46. The van der Waals surface area contributed by atoms with Crippen LogP contribution in [0.4, 0.5) is 0 Å². The van der Waals surface area contributed by atoms with Crippen LogP contribution in [0, 0.1) is 23.7 Å². The Labute approximate surface area is 93.5 Å². The summed E-state index contributed by atoms with van der Waals surface area (Å²) in [5.74, 6) is -5.43. The van der Waals surface area contributed by atoms with Gasteiger partial charge in [0.15, 0.2) is 0 Å². The summed E-state index contributed by atoms with van der Waals surface area (Å²) in [5.41, 5.74) is 0. The maximum atomic E-state index is 11.3. The molecule has 0 aromatic carbocycles. The van der Waals surface area contributed by atoms with Gasteiger partial charge in [0.25, 0.3) is 0 Å². The molecule has 0 aromatic rings. The van der Waals surface area contributed by atoms with Crippen molar-refractivity contribution in [2.75, 3.05) is 0 Å². The molecule has 1 aliphatic rings. The zero-order valence-corrected chi connectivity index (χ0v) is 9.34. The van der Waals surface area contributed by atoms with Crippen molar-refractivity contribution >= 4 is 17.7 Å². The van der Waals surface area contributed by atoms with E-state index in [0.717, 1.165) is 0 Å². The van der Waals surface area contributed by atoms with E-state index in [4.69, 9.17) is 10.2 Å². The van der Waals surface area contributed by atoms with Gasteiger partial charge in [-0.05, 0) is 25.7 Å². The van der Waals surface area contributed by atoms with E-state index in [0.29, 0.717) is 12.8 Å². The molecule has 0 spiro atoms. The van der Waals surface area contributed by atoms with Crippen molar-refractivity contribution in [1.82, 2.24) is 0 Å². The minimum Gasteiger partial charge on any atom is -0.481 e. The molecular weight excluding hydrogens is 212 g/mol. The number of hydrogen-bond donors (Lipinski definition) is 2. The minimum atomic E-state index is -1.18. The first-order valence-corrected chi connectivity index (χ1v) is 5.32. The molecule has 16 heavy (non-hydrogen) atoms. The maximum Gasteiger partial charge on any atom is 0.308 e. The summed E-state index contributed by atoms with van der Waals surface area (Å²) >= 11 is 0. The average molecular weight is 228 g/mol. The first-order chi connectivity index (χ1) is 7.36. The third kappa shape index (κ3) is 2.23. The summed E-state index contributed by atoms with van der Waals surface area (Å²) in [6.45, 7) is 3.06. The molecule has 4 unspecified atom stereocenters. The van der Waals surface area contributed by atoms with Crippen LogP contribution in [0.15, 0.2) is 0 Å². The molecule has 0 heterocycles. The lowest BCUT2D eigenvalue weighted by molar-refractivity contribution is -0.162. The Morgan fingerprint density at radius 1 is 1.00 bits per heavy atom. The van der Waals surface area contributed by atoms with E-state index >= 15 is 0 Å². The van der Waals surface area contributed by atoms with Crippen molar-refractivity contribution in [3.63, 3.8) is 0 Å². The minimum absolute atomic E-state index is 0.200. The molecule has 0 amide bonds. The lowest BCUT2D eigenvalue weighted by Gasteiger charge is -2.36. The van der Waals surface area contributed by atoms with Crippen LogP contribution < -0.4 is 0 Å². The van der Waals surface area contributed by atoms with Crippen molar-refractivity contribution in [3.8, 4) is 0 Å². The molecule has 90 valence electrons. The second-order valence-electron chi connectivity index (χ2n) is 4.50. The number of carbonyl (C=O) groups excluding carboxylic acids is 1. The second kappa shape index (κ2) is 4.63. The van der Waals surface area contributed by atoms with Gasteiger partial charge >= 0.3 is 11.9 Å². The van der Waals surface area contributed by atoms with Gasteiger partial charge < -0.3 is 10.2 Å². The molecular formula is C11H16O5. The van der Waals surface area contributed by atoms with E-state index in [1.807, 2.05) is 0 Å². The Morgan fingerprint density at radius 3 is 1.88 bits per heavy atom. The van der Waals surface area contributed by atoms with Crippen LogP contribution >= 0.6 is 0 Å². The van der Waals surface area contributed by atoms with Crippen LogP contribution in [0.1, 0.15) is 26.7 Å². The topological polar surface area (TPSA) is 91.7 Å². The monoisotopic (exact) mass is 228 g/mol. The van der Waals surface area contributed by atoms with Crippen LogP contribution in [0.5, 0.6) is 0 Å². The summed E-state index contributed by atoms with van der Waals surface area (Å²) in [6.07, 6.45) is 1.06. The Balaban J connectivity index is 3.06. The average Bonchev–Trinajstić information content (AvgIpc) is 2.15. The zero-order chi connectivity index (χ0) is 12.5. The fraction of sp³-hybridized carbons (Fsp3) is 0.727. The van der Waals surface area contributed by atoms with Gasteiger partial charge in [-0.25, -0.2) is 0 Å². The molecule has 0 saturated heterocycles. The van der Waals surface area contributed by atoms with E-state index in [1.165, 1.54) is 6.92 Å². The molecule has 0 bridgehead atoms. The van der Waals surface area contributed by atoms with Gasteiger partial charge in [0.05, 0.1) is 11.8 Å². The number of hydrogen-bond acceptors (Lipinski definition) is 3. The van der Waals surface area contributed by atoms with E-state index < -0.39 is 29.7 Å². The molecule has 5 heteroatoms. The standard InChI is InChI=1S/C11H16O5/c1-5-3-4-7(6(2)12)9(11(15)16)8(5)10(13)14/h5,7-9H,3-4H2,1-2H3,(H,13,14)(H,15,16). The quantitative estimate of drug-likeness (QED) is 0.752. The highest BCUT2D eigenvalue weighted by Gasteiger charge is 2.47. The number of rotatable bonds is 3. The zero-order valence-electron chi connectivity index (χ0n) is 9.34. The van der Waals surface area contributed by atoms with E-state index in [9.17, 15) is 14.4 Å². The van der Waals surface area contributed by atoms with Gasteiger partial charge in [-0.1, -0.05) is 6.92 Å². The Bertz CT molecular complexity index is 322. The van der Waals surface area contributed by atoms with Gasteiger partial charge in [-0.3, -0.25) is 14.4 Å². The molecule has 0 radical (unpaired) electrons. The van der Waals surface area contributed by atoms with Crippen LogP contribution in [0.3, 0.4) is 0 Å². The Hall–Kier alpha value is -1.39. The molecule has 1 rings (SSSR count). The summed E-state index contributed by atoms with van der Waals surface area (Å²) in [6, 6.07) is 0. The summed E-state index contributed by atoms with van der Waals surface area (Å²) in [5, 5.41) is 18.1. The van der Waals surface area contributed by atoms with Gasteiger partial charge in [-0.15, -0.1) is 0 Å². The summed E-state index contributed by atoms with van der Waals surface area (Å²) in [7, 11) is 0. The molecule has 1 aliphatic carbocycles. The molecule has 2 N–H and O–H groups in total.